The summed E-state index contributed by atoms with van der Waals surface area (Å²) in [7, 11) is 0. The molecule has 0 saturated carbocycles. The predicted octanol–water partition coefficient (Wildman–Crippen LogP) is 3.82. The second-order valence-electron chi connectivity index (χ2n) is 4.33. The lowest BCUT2D eigenvalue weighted by molar-refractivity contribution is 0.312. The molecule has 0 aliphatic rings. The summed E-state index contributed by atoms with van der Waals surface area (Å²) in [6.45, 7) is 2.32. The summed E-state index contributed by atoms with van der Waals surface area (Å²) in [5.41, 5.74) is 0.874. The van der Waals surface area contributed by atoms with Crippen molar-refractivity contribution >= 4 is 34.0 Å². The highest BCUT2D eigenvalue weighted by atomic mass is 35.5. The minimum atomic E-state index is 0.0942. The Labute approximate surface area is 127 Å². The summed E-state index contributed by atoms with van der Waals surface area (Å²) in [6.07, 6.45) is 0. The number of nitrogens with one attached hydrogen (secondary N) is 1. The molecule has 21 heavy (non-hydrogen) atoms. The molecule has 3 aromatic rings. The smallest absolute Gasteiger partial charge is 0.322 e. The summed E-state index contributed by atoms with van der Waals surface area (Å²) in [4.78, 5) is 12.1. The van der Waals surface area contributed by atoms with E-state index in [2.05, 4.69) is 26.3 Å². The van der Waals surface area contributed by atoms with E-state index in [4.69, 9.17) is 16.3 Å². The van der Waals surface area contributed by atoms with Crippen molar-refractivity contribution in [2.75, 3.05) is 11.9 Å². The lowest BCUT2D eigenvalue weighted by Crippen LogP contribution is -2.03. The number of halogens is 1. The van der Waals surface area contributed by atoms with Crippen molar-refractivity contribution in [1.29, 1.82) is 0 Å². The summed E-state index contributed by atoms with van der Waals surface area (Å²) in [6, 6.07) is 14.3. The number of anilines is 2. The monoisotopic (exact) mass is 300 g/mol. The van der Waals surface area contributed by atoms with Crippen molar-refractivity contribution in [1.82, 2.24) is 15.0 Å². The number of fused-ring (bicyclic) bond motifs is 1. The Balaban J connectivity index is 1.90. The number of rotatable bonds is 4. The molecule has 0 saturated heterocycles. The van der Waals surface area contributed by atoms with Crippen LogP contribution in [-0.2, 0) is 0 Å². The first-order valence-electron chi connectivity index (χ1n) is 6.55. The van der Waals surface area contributed by atoms with Crippen LogP contribution in [0.3, 0.4) is 0 Å². The van der Waals surface area contributed by atoms with Gasteiger partial charge in [0.15, 0.2) is 0 Å². The molecule has 1 heterocycles. The number of nitrogens with zero attached hydrogens (tertiary/aromatic N) is 3. The molecule has 0 amide bonds. The standard InChI is InChI=1S/C15H13ClN4O/c1-2-21-15-19-13(16)18-14(20-15)17-12-8-7-10-5-3-4-6-11(10)9-12/h3-9H,2H2,1H3,(H,17,18,19,20). The maximum absolute atomic E-state index is 5.86. The minimum absolute atomic E-state index is 0.0942. The third kappa shape index (κ3) is 3.20. The van der Waals surface area contributed by atoms with Crippen LogP contribution in [0.25, 0.3) is 10.8 Å². The molecule has 3 rings (SSSR count). The lowest BCUT2D eigenvalue weighted by atomic mass is 10.1. The number of ether oxygens (including phenoxy) is 1. The highest BCUT2D eigenvalue weighted by Gasteiger charge is 2.06. The third-order valence-electron chi connectivity index (χ3n) is 2.87. The zero-order valence-electron chi connectivity index (χ0n) is 11.4. The SMILES string of the molecule is CCOc1nc(Cl)nc(Nc2ccc3ccccc3c2)n1. The normalized spacial score (nSPS) is 10.6. The van der Waals surface area contributed by atoms with Gasteiger partial charge in [0.2, 0.25) is 11.2 Å². The molecule has 106 valence electrons. The second-order valence-corrected chi connectivity index (χ2v) is 4.67. The molecule has 0 aliphatic carbocycles. The molecule has 1 aromatic heterocycles. The maximum atomic E-state index is 5.86. The largest absolute Gasteiger partial charge is 0.464 e. The van der Waals surface area contributed by atoms with Gasteiger partial charge in [0.25, 0.3) is 0 Å². The molecule has 0 radical (unpaired) electrons. The van der Waals surface area contributed by atoms with E-state index < -0.39 is 0 Å². The fraction of sp³-hybridized carbons (Fsp3) is 0.133. The summed E-state index contributed by atoms with van der Waals surface area (Å²) in [5.74, 6) is 0.355. The Bertz CT molecular complexity index is 778. The van der Waals surface area contributed by atoms with Crippen molar-refractivity contribution in [3.05, 3.63) is 47.7 Å². The van der Waals surface area contributed by atoms with Crippen LogP contribution in [-0.4, -0.2) is 21.6 Å². The van der Waals surface area contributed by atoms with Gasteiger partial charge >= 0.3 is 6.01 Å². The topological polar surface area (TPSA) is 59.9 Å². The zero-order valence-corrected chi connectivity index (χ0v) is 12.1. The number of hydrogen-bond donors (Lipinski definition) is 1. The molecule has 0 spiro atoms. The van der Waals surface area contributed by atoms with Gasteiger partial charge in [-0.15, -0.1) is 0 Å². The van der Waals surface area contributed by atoms with E-state index in [1.807, 2.05) is 43.3 Å². The predicted molar refractivity (Wildman–Crippen MR) is 83.2 cm³/mol. The van der Waals surface area contributed by atoms with Crippen LogP contribution in [0.5, 0.6) is 6.01 Å². The molecule has 6 heteroatoms. The summed E-state index contributed by atoms with van der Waals surface area (Å²) < 4.78 is 5.25. The van der Waals surface area contributed by atoms with Crippen molar-refractivity contribution in [3.8, 4) is 6.01 Å². The van der Waals surface area contributed by atoms with Gasteiger partial charge in [-0.05, 0) is 41.4 Å². The van der Waals surface area contributed by atoms with E-state index in [9.17, 15) is 0 Å². The first-order valence-corrected chi connectivity index (χ1v) is 6.92. The first kappa shape index (κ1) is 13.6. The van der Waals surface area contributed by atoms with Crippen LogP contribution in [0, 0.1) is 0 Å². The van der Waals surface area contributed by atoms with Crippen molar-refractivity contribution < 1.29 is 4.74 Å². The van der Waals surface area contributed by atoms with Gasteiger partial charge in [-0.1, -0.05) is 30.3 Å². The number of benzene rings is 2. The van der Waals surface area contributed by atoms with E-state index in [0.717, 1.165) is 11.1 Å². The van der Waals surface area contributed by atoms with Gasteiger partial charge in [-0.3, -0.25) is 0 Å². The highest BCUT2D eigenvalue weighted by Crippen LogP contribution is 2.22. The molecular weight excluding hydrogens is 288 g/mol. The van der Waals surface area contributed by atoms with E-state index in [1.54, 1.807) is 0 Å². The van der Waals surface area contributed by atoms with Gasteiger partial charge in [-0.25, -0.2) is 0 Å². The van der Waals surface area contributed by atoms with Crippen LogP contribution in [0.15, 0.2) is 42.5 Å². The van der Waals surface area contributed by atoms with Gasteiger partial charge in [0.05, 0.1) is 6.61 Å². The number of hydrogen-bond acceptors (Lipinski definition) is 5. The van der Waals surface area contributed by atoms with E-state index in [0.29, 0.717) is 12.6 Å². The molecule has 2 aromatic carbocycles. The second kappa shape index (κ2) is 5.93. The van der Waals surface area contributed by atoms with Crippen molar-refractivity contribution in [2.45, 2.75) is 6.92 Å². The molecule has 0 fully saturated rings. The third-order valence-corrected chi connectivity index (χ3v) is 3.04. The molecule has 1 N–H and O–H groups in total. The van der Waals surface area contributed by atoms with E-state index in [-0.39, 0.29) is 11.3 Å². The van der Waals surface area contributed by atoms with Crippen molar-refractivity contribution in [2.24, 2.45) is 0 Å². The van der Waals surface area contributed by atoms with E-state index >= 15 is 0 Å². The Morgan fingerprint density at radius 3 is 2.67 bits per heavy atom. The molecule has 5 nitrogen and oxygen atoms in total. The van der Waals surface area contributed by atoms with Gasteiger partial charge in [0, 0.05) is 5.69 Å². The summed E-state index contributed by atoms with van der Waals surface area (Å²) >= 11 is 5.86. The first-order chi connectivity index (χ1) is 10.2. The van der Waals surface area contributed by atoms with Crippen LogP contribution in [0.1, 0.15) is 6.92 Å². The molecule has 0 unspecified atom stereocenters. The Kier molecular flexibility index (Phi) is 3.83. The average Bonchev–Trinajstić information content (AvgIpc) is 2.47. The minimum Gasteiger partial charge on any atom is -0.464 e. The van der Waals surface area contributed by atoms with Gasteiger partial charge in [-0.2, -0.15) is 15.0 Å². The number of aromatic nitrogens is 3. The average molecular weight is 301 g/mol. The van der Waals surface area contributed by atoms with Crippen molar-refractivity contribution in [3.63, 3.8) is 0 Å². The molecular formula is C15H13ClN4O. The van der Waals surface area contributed by atoms with Gasteiger partial charge in [0.1, 0.15) is 0 Å². The fourth-order valence-corrected chi connectivity index (χ4v) is 2.13. The lowest BCUT2D eigenvalue weighted by Gasteiger charge is -2.07. The Morgan fingerprint density at radius 1 is 1.05 bits per heavy atom. The van der Waals surface area contributed by atoms with Crippen LogP contribution in [0.4, 0.5) is 11.6 Å². The maximum Gasteiger partial charge on any atom is 0.322 e. The fourth-order valence-electron chi connectivity index (χ4n) is 1.98. The molecule has 0 atom stereocenters. The van der Waals surface area contributed by atoms with E-state index in [1.165, 1.54) is 5.39 Å². The Morgan fingerprint density at radius 2 is 1.86 bits per heavy atom. The van der Waals surface area contributed by atoms with Crippen LogP contribution in [0.2, 0.25) is 5.28 Å². The molecule has 0 aliphatic heterocycles. The highest BCUT2D eigenvalue weighted by molar-refractivity contribution is 6.28. The Hall–Kier alpha value is -2.40. The summed E-state index contributed by atoms with van der Waals surface area (Å²) in [5, 5.41) is 5.51. The quantitative estimate of drug-likeness (QED) is 0.793. The zero-order chi connectivity index (χ0) is 14.7. The van der Waals surface area contributed by atoms with Crippen LogP contribution < -0.4 is 10.1 Å². The molecule has 0 bridgehead atoms. The van der Waals surface area contributed by atoms with Gasteiger partial charge < -0.3 is 10.1 Å². The van der Waals surface area contributed by atoms with Crippen LogP contribution >= 0.6 is 11.6 Å².